The molecule has 0 N–H and O–H groups in total. The molecular weight excluding hydrogens is 498 g/mol. The molecule has 2 aliphatic heterocycles. The second-order valence-corrected chi connectivity index (χ2v) is 11.1. The first-order valence-electron chi connectivity index (χ1n) is 13.3. The fourth-order valence-corrected chi connectivity index (χ4v) is 7.05. The highest BCUT2D eigenvalue weighted by Crippen LogP contribution is 2.57. The van der Waals surface area contributed by atoms with Gasteiger partial charge < -0.3 is 9.64 Å². The molecule has 10 heteroatoms. The van der Waals surface area contributed by atoms with Gasteiger partial charge in [0.15, 0.2) is 0 Å². The molecule has 0 bridgehead atoms. The highest BCUT2D eigenvalue weighted by Gasteiger charge is 2.54. The minimum Gasteiger partial charge on any atom is -0.374 e. The molecule has 38 heavy (non-hydrogen) atoms. The molecule has 2 aromatic carbocycles. The van der Waals surface area contributed by atoms with Gasteiger partial charge in [0.25, 0.3) is 5.82 Å². The molecule has 1 spiro atoms. The Labute approximate surface area is 219 Å². The minimum atomic E-state index is -4.66. The summed E-state index contributed by atoms with van der Waals surface area (Å²) in [5.41, 5.74) is 2.93. The monoisotopic (exact) mass is 529 g/mol. The Morgan fingerprint density at radius 2 is 1.84 bits per heavy atom. The molecule has 0 radical (unpaired) electrons. The lowest BCUT2D eigenvalue weighted by Gasteiger charge is -2.35. The summed E-state index contributed by atoms with van der Waals surface area (Å²) < 4.78 is 61.6. The van der Waals surface area contributed by atoms with Crippen molar-refractivity contribution in [1.29, 1.82) is 0 Å². The van der Waals surface area contributed by atoms with E-state index in [1.807, 2.05) is 25.1 Å². The molecule has 3 aromatic rings. The lowest BCUT2D eigenvalue weighted by atomic mass is 9.76. The zero-order chi connectivity index (χ0) is 26.5. The van der Waals surface area contributed by atoms with E-state index in [0.29, 0.717) is 12.5 Å². The molecule has 1 saturated carbocycles. The molecular formula is C28H31F4N5O. The smallest absolute Gasteiger partial charge is 0.374 e. The van der Waals surface area contributed by atoms with E-state index in [-0.39, 0.29) is 28.9 Å². The Morgan fingerprint density at radius 3 is 2.58 bits per heavy atom. The number of hydrogen-bond donors (Lipinski definition) is 0. The highest BCUT2D eigenvalue weighted by molar-refractivity contribution is 5.43. The number of rotatable bonds is 5. The molecule has 1 aliphatic carbocycles. The molecule has 4 atom stereocenters. The quantitative estimate of drug-likeness (QED) is 0.399. The first kappa shape index (κ1) is 25.4. The maximum atomic E-state index is 13.8. The van der Waals surface area contributed by atoms with Gasteiger partial charge >= 0.3 is 6.18 Å². The summed E-state index contributed by atoms with van der Waals surface area (Å²) in [7, 11) is 0. The van der Waals surface area contributed by atoms with E-state index in [4.69, 9.17) is 4.74 Å². The molecule has 0 unspecified atom stereocenters. The van der Waals surface area contributed by atoms with Crippen LogP contribution in [0.15, 0.2) is 42.5 Å². The minimum absolute atomic E-state index is 0.0225. The summed E-state index contributed by atoms with van der Waals surface area (Å²) in [4.78, 5) is 2.53. The molecule has 1 aromatic heterocycles. The van der Waals surface area contributed by atoms with E-state index in [1.54, 1.807) is 12.1 Å². The van der Waals surface area contributed by atoms with Crippen molar-refractivity contribution < 1.29 is 22.3 Å². The standard InChI is InChI=1S/C28H31F4N5O/c1-18-4-9-23(37-26(28(30,31)32)33-34-35-37)14-24(18)21-15-27(38-17-21)11-10-20(16-36-12-2-3-13-36)25(27)19-5-7-22(29)8-6-19/h4-9,14,20-21,25H,2-3,10-13,15-17H2,1H3/t20-,21-,25-,27-/m1/s1. The van der Waals surface area contributed by atoms with E-state index in [2.05, 4.69) is 20.4 Å². The third-order valence-corrected chi connectivity index (χ3v) is 8.73. The van der Waals surface area contributed by atoms with Gasteiger partial charge in [-0.1, -0.05) is 18.2 Å². The Balaban J connectivity index is 1.31. The Kier molecular flexibility index (Phi) is 6.50. The van der Waals surface area contributed by atoms with E-state index in [1.165, 1.54) is 25.0 Å². The summed E-state index contributed by atoms with van der Waals surface area (Å²) in [6.07, 6.45) is 0.496. The van der Waals surface area contributed by atoms with Gasteiger partial charge in [0.2, 0.25) is 0 Å². The number of likely N-dealkylation sites (tertiary alicyclic amines) is 1. The average molecular weight is 530 g/mol. The summed E-state index contributed by atoms with van der Waals surface area (Å²) in [6.45, 7) is 5.70. The van der Waals surface area contributed by atoms with Crippen LogP contribution in [0.25, 0.3) is 5.69 Å². The van der Waals surface area contributed by atoms with Crippen LogP contribution in [0.1, 0.15) is 66.5 Å². The number of tetrazole rings is 1. The van der Waals surface area contributed by atoms with Gasteiger partial charge in [-0.15, -0.1) is 5.10 Å². The third kappa shape index (κ3) is 4.62. The number of hydrogen-bond acceptors (Lipinski definition) is 5. The van der Waals surface area contributed by atoms with Crippen molar-refractivity contribution in [2.45, 2.75) is 62.6 Å². The SMILES string of the molecule is Cc1ccc(-n2nnnc2C(F)(F)F)cc1[C@H]1CO[C@]2(CC[C@H](CN3CCCC3)[C@H]2c2ccc(F)cc2)C1. The van der Waals surface area contributed by atoms with Gasteiger partial charge in [0.1, 0.15) is 5.82 Å². The van der Waals surface area contributed by atoms with Gasteiger partial charge in [0, 0.05) is 18.4 Å². The summed E-state index contributed by atoms with van der Waals surface area (Å²) in [6, 6.07) is 12.0. The topological polar surface area (TPSA) is 56.1 Å². The van der Waals surface area contributed by atoms with E-state index >= 15 is 0 Å². The third-order valence-electron chi connectivity index (χ3n) is 8.73. The van der Waals surface area contributed by atoms with Crippen LogP contribution in [-0.4, -0.2) is 56.9 Å². The predicted octanol–water partition coefficient (Wildman–Crippen LogP) is 5.66. The van der Waals surface area contributed by atoms with Crippen LogP contribution in [-0.2, 0) is 10.9 Å². The fourth-order valence-electron chi connectivity index (χ4n) is 7.05. The van der Waals surface area contributed by atoms with E-state index < -0.39 is 12.0 Å². The normalized spacial score (nSPS) is 28.1. The molecule has 0 amide bonds. The summed E-state index contributed by atoms with van der Waals surface area (Å²) in [5, 5.41) is 10.1. The number of alkyl halides is 3. The van der Waals surface area contributed by atoms with Crippen molar-refractivity contribution >= 4 is 0 Å². The van der Waals surface area contributed by atoms with E-state index in [9.17, 15) is 17.6 Å². The van der Waals surface area contributed by atoms with Crippen molar-refractivity contribution in [3.8, 4) is 5.69 Å². The average Bonchev–Trinajstić information content (AvgIpc) is 3.69. The van der Waals surface area contributed by atoms with Gasteiger partial charge in [-0.2, -0.15) is 17.9 Å². The Morgan fingerprint density at radius 1 is 1.08 bits per heavy atom. The number of halogens is 4. The largest absolute Gasteiger partial charge is 0.453 e. The van der Waals surface area contributed by atoms with Gasteiger partial charge in [0.05, 0.1) is 17.9 Å². The summed E-state index contributed by atoms with van der Waals surface area (Å²) in [5.74, 6) is -0.846. The van der Waals surface area contributed by atoms with Crippen molar-refractivity contribution in [3.05, 3.63) is 70.8 Å². The van der Waals surface area contributed by atoms with Crippen molar-refractivity contribution in [3.63, 3.8) is 0 Å². The van der Waals surface area contributed by atoms with Crippen LogP contribution in [0.5, 0.6) is 0 Å². The zero-order valence-corrected chi connectivity index (χ0v) is 21.3. The van der Waals surface area contributed by atoms with Crippen molar-refractivity contribution in [2.75, 3.05) is 26.2 Å². The maximum absolute atomic E-state index is 13.8. The van der Waals surface area contributed by atoms with Crippen LogP contribution >= 0.6 is 0 Å². The van der Waals surface area contributed by atoms with Crippen LogP contribution in [0, 0.1) is 18.7 Å². The maximum Gasteiger partial charge on any atom is 0.453 e. The molecule has 2 saturated heterocycles. The van der Waals surface area contributed by atoms with E-state index in [0.717, 1.165) is 60.3 Å². The Hall–Kier alpha value is -2.85. The van der Waals surface area contributed by atoms with Crippen LogP contribution in [0.4, 0.5) is 17.6 Å². The Bertz CT molecular complexity index is 1290. The number of ether oxygens (including phenoxy) is 1. The molecule has 202 valence electrons. The van der Waals surface area contributed by atoms with Crippen LogP contribution in [0.3, 0.4) is 0 Å². The second-order valence-electron chi connectivity index (χ2n) is 11.1. The predicted molar refractivity (Wildman–Crippen MR) is 132 cm³/mol. The zero-order valence-electron chi connectivity index (χ0n) is 21.3. The first-order valence-corrected chi connectivity index (χ1v) is 13.3. The second kappa shape index (κ2) is 9.72. The molecule has 3 aliphatic rings. The molecule has 3 fully saturated rings. The number of aromatic nitrogens is 4. The lowest BCUT2D eigenvalue weighted by Crippen LogP contribution is -2.36. The van der Waals surface area contributed by atoms with Gasteiger partial charge in [-0.3, -0.25) is 0 Å². The number of aryl methyl sites for hydroxylation is 1. The molecule has 3 heterocycles. The number of nitrogens with zero attached hydrogens (tertiary/aromatic N) is 5. The molecule has 6 nitrogen and oxygen atoms in total. The van der Waals surface area contributed by atoms with Crippen molar-refractivity contribution in [1.82, 2.24) is 25.1 Å². The number of benzene rings is 2. The van der Waals surface area contributed by atoms with Crippen LogP contribution in [0.2, 0.25) is 0 Å². The van der Waals surface area contributed by atoms with Crippen LogP contribution < -0.4 is 0 Å². The molecule has 6 rings (SSSR count). The van der Waals surface area contributed by atoms with Crippen molar-refractivity contribution in [2.24, 2.45) is 5.92 Å². The van der Waals surface area contributed by atoms with Gasteiger partial charge in [-0.05, 0) is 109 Å². The highest BCUT2D eigenvalue weighted by atomic mass is 19.4. The van der Waals surface area contributed by atoms with Gasteiger partial charge in [-0.25, -0.2) is 4.39 Å². The first-order chi connectivity index (χ1) is 18.2. The summed E-state index contributed by atoms with van der Waals surface area (Å²) >= 11 is 0. The fraction of sp³-hybridized carbons (Fsp3) is 0.536. The lowest BCUT2D eigenvalue weighted by molar-refractivity contribution is -0.146.